The number of aryl methyl sites for hydroxylation is 1. The number of hydrogen-bond acceptors (Lipinski definition) is 8. The van der Waals surface area contributed by atoms with Crippen molar-refractivity contribution in [3.8, 4) is 11.1 Å². The summed E-state index contributed by atoms with van der Waals surface area (Å²) < 4.78 is 14.2. The molecule has 0 radical (unpaired) electrons. The molecule has 230 valence electrons. The molecule has 4 aromatic carbocycles. The van der Waals surface area contributed by atoms with Gasteiger partial charge in [-0.15, -0.1) is 10.2 Å². The largest absolute Gasteiger partial charge is 0.392 e. The van der Waals surface area contributed by atoms with Gasteiger partial charge in [-0.1, -0.05) is 115 Å². The number of aromatic nitrogens is 2. The Morgan fingerprint density at radius 2 is 1.62 bits per heavy atom. The smallest absolute Gasteiger partial charge is 0.251 e. The molecule has 1 aliphatic heterocycles. The Bertz CT molecular complexity index is 1710. The van der Waals surface area contributed by atoms with Crippen molar-refractivity contribution in [1.29, 1.82) is 0 Å². The van der Waals surface area contributed by atoms with Crippen LogP contribution in [0.25, 0.3) is 11.1 Å². The molecule has 0 saturated carbocycles. The second kappa shape index (κ2) is 14.5. The van der Waals surface area contributed by atoms with Crippen molar-refractivity contribution in [2.75, 3.05) is 5.75 Å². The van der Waals surface area contributed by atoms with Gasteiger partial charge in [0, 0.05) is 29.3 Å². The normalized spacial score (nSPS) is 19.7. The van der Waals surface area contributed by atoms with Crippen molar-refractivity contribution in [1.82, 2.24) is 15.5 Å². The molecule has 0 aliphatic carbocycles. The summed E-state index contributed by atoms with van der Waals surface area (Å²) in [6, 6.07) is 33.7. The number of thioether (sulfide) groups is 1. The van der Waals surface area contributed by atoms with E-state index in [1.807, 2.05) is 73.7 Å². The quantitative estimate of drug-likeness (QED) is 0.153. The number of ether oxygens (including phenoxy) is 2. The average molecular weight is 638 g/mol. The van der Waals surface area contributed by atoms with Gasteiger partial charge in [-0.05, 0) is 52.9 Å². The van der Waals surface area contributed by atoms with Gasteiger partial charge in [0.25, 0.3) is 5.91 Å². The molecule has 2 N–H and O–H groups in total. The molecule has 1 saturated heterocycles. The van der Waals surface area contributed by atoms with E-state index in [1.54, 1.807) is 23.1 Å². The van der Waals surface area contributed by atoms with Gasteiger partial charge in [-0.3, -0.25) is 4.79 Å². The van der Waals surface area contributed by atoms with E-state index >= 15 is 0 Å². The van der Waals surface area contributed by atoms with Gasteiger partial charge in [-0.25, -0.2) is 0 Å². The van der Waals surface area contributed by atoms with Crippen molar-refractivity contribution < 1.29 is 19.4 Å². The average Bonchev–Trinajstić information content (AvgIpc) is 3.52. The van der Waals surface area contributed by atoms with Gasteiger partial charge in [0.1, 0.15) is 5.01 Å². The zero-order valence-electron chi connectivity index (χ0n) is 25.1. The summed E-state index contributed by atoms with van der Waals surface area (Å²) in [5, 5.41) is 21.9. The molecule has 1 aliphatic rings. The van der Waals surface area contributed by atoms with Gasteiger partial charge >= 0.3 is 0 Å². The highest BCUT2D eigenvalue weighted by molar-refractivity contribution is 8.01. The van der Waals surface area contributed by atoms with E-state index in [1.165, 1.54) is 0 Å². The Kier molecular flexibility index (Phi) is 10.0. The van der Waals surface area contributed by atoms with E-state index in [0.29, 0.717) is 12.1 Å². The highest BCUT2D eigenvalue weighted by Gasteiger charge is 2.38. The molecule has 4 atom stereocenters. The first-order valence-electron chi connectivity index (χ1n) is 14.9. The lowest BCUT2D eigenvalue weighted by atomic mass is 9.91. The van der Waals surface area contributed by atoms with Crippen LogP contribution in [0, 0.1) is 12.8 Å². The van der Waals surface area contributed by atoms with E-state index in [9.17, 15) is 9.90 Å². The molecule has 0 spiro atoms. The number of amides is 1. The van der Waals surface area contributed by atoms with E-state index in [0.717, 1.165) is 48.5 Å². The fourth-order valence-electron chi connectivity index (χ4n) is 5.37. The summed E-state index contributed by atoms with van der Waals surface area (Å²) in [7, 11) is 0. The van der Waals surface area contributed by atoms with Gasteiger partial charge < -0.3 is 19.9 Å². The summed E-state index contributed by atoms with van der Waals surface area (Å²) in [6.07, 6.45) is -0.803. The Morgan fingerprint density at radius 3 is 2.33 bits per heavy atom. The van der Waals surface area contributed by atoms with Crippen molar-refractivity contribution in [2.24, 2.45) is 5.92 Å². The zero-order chi connectivity index (χ0) is 31.2. The maximum atomic E-state index is 12.5. The lowest BCUT2D eigenvalue weighted by molar-refractivity contribution is -0.268. The first kappa shape index (κ1) is 31.1. The molecular weight excluding hydrogens is 603 g/mol. The Balaban J connectivity index is 1.18. The zero-order valence-corrected chi connectivity index (χ0v) is 26.8. The standard InChI is InChI=1S/C36H35N3O4S2/c1-23-32(22-44-36-39-38-24(2)45-36)42-35(43-33(23)28-13-11-25(21-40)12-14-28)30-17-15-27(16-18-30)31-10-6-7-26(19-31)20-37-34(41)29-8-4-3-5-9-29/h3-19,23,32-33,35,40H,20-22H2,1-2H3,(H,37,41). The fourth-order valence-corrected chi connectivity index (χ4v) is 7.37. The number of carbonyl (C=O) groups excluding carboxylic acids is 1. The minimum Gasteiger partial charge on any atom is -0.392 e. The number of rotatable bonds is 10. The van der Waals surface area contributed by atoms with Gasteiger partial charge in [0.2, 0.25) is 0 Å². The molecule has 1 amide bonds. The number of nitrogens with one attached hydrogen (secondary N) is 1. The molecule has 1 aromatic heterocycles. The third-order valence-corrected chi connectivity index (χ3v) is 9.99. The van der Waals surface area contributed by atoms with E-state index in [2.05, 4.69) is 58.8 Å². The lowest BCUT2D eigenvalue weighted by Gasteiger charge is -2.41. The summed E-state index contributed by atoms with van der Waals surface area (Å²) in [4.78, 5) is 12.5. The predicted molar refractivity (Wildman–Crippen MR) is 178 cm³/mol. The monoisotopic (exact) mass is 637 g/mol. The SMILES string of the molecule is Cc1nnc(SCC2OC(c3ccc(-c4cccc(CNC(=O)c5ccccc5)c4)cc3)OC(c3ccc(CO)cc3)C2C)s1. The predicted octanol–water partition coefficient (Wildman–Crippen LogP) is 7.52. The highest BCUT2D eigenvalue weighted by atomic mass is 32.2. The summed E-state index contributed by atoms with van der Waals surface area (Å²) in [5.74, 6) is 0.726. The summed E-state index contributed by atoms with van der Waals surface area (Å²) >= 11 is 3.25. The van der Waals surface area contributed by atoms with Crippen LogP contribution in [0.3, 0.4) is 0 Å². The second-order valence-corrected chi connectivity index (χ2v) is 13.5. The second-order valence-electron chi connectivity index (χ2n) is 11.1. The third-order valence-electron chi connectivity index (χ3n) is 7.93. The van der Waals surface area contributed by atoms with Crippen molar-refractivity contribution >= 4 is 29.0 Å². The molecule has 5 aromatic rings. The third kappa shape index (κ3) is 7.69. The van der Waals surface area contributed by atoms with Gasteiger partial charge in [0.05, 0.1) is 18.8 Å². The number of carbonyl (C=O) groups is 1. The lowest BCUT2D eigenvalue weighted by Crippen LogP contribution is -2.38. The minimum atomic E-state index is -0.543. The van der Waals surface area contributed by atoms with Crippen LogP contribution in [0.1, 0.15) is 56.9 Å². The Hall–Kier alpha value is -3.86. The van der Waals surface area contributed by atoms with Crippen LogP contribution in [0.15, 0.2) is 107 Å². The maximum absolute atomic E-state index is 12.5. The number of benzene rings is 4. The van der Waals surface area contributed by atoms with Crippen LogP contribution in [-0.2, 0) is 22.6 Å². The number of aliphatic hydroxyl groups is 1. The first-order chi connectivity index (χ1) is 22.0. The van der Waals surface area contributed by atoms with Gasteiger partial charge in [-0.2, -0.15) is 0 Å². The van der Waals surface area contributed by atoms with Crippen LogP contribution in [-0.4, -0.2) is 33.1 Å². The molecule has 2 heterocycles. The number of nitrogens with zero attached hydrogens (tertiary/aromatic N) is 2. The van der Waals surface area contributed by atoms with Crippen LogP contribution in [0.5, 0.6) is 0 Å². The topological polar surface area (TPSA) is 93.6 Å². The summed E-state index contributed by atoms with van der Waals surface area (Å²) in [6.45, 7) is 4.57. The van der Waals surface area contributed by atoms with Crippen LogP contribution in [0.4, 0.5) is 0 Å². The van der Waals surface area contributed by atoms with Crippen LogP contribution in [0.2, 0.25) is 0 Å². The Labute approximate surface area is 271 Å². The molecule has 45 heavy (non-hydrogen) atoms. The molecule has 0 bridgehead atoms. The number of hydrogen-bond donors (Lipinski definition) is 2. The summed E-state index contributed by atoms with van der Waals surface area (Å²) in [5.41, 5.74) is 6.66. The van der Waals surface area contributed by atoms with E-state index < -0.39 is 6.29 Å². The van der Waals surface area contributed by atoms with E-state index in [4.69, 9.17) is 9.47 Å². The first-order valence-corrected chi connectivity index (χ1v) is 16.7. The van der Waals surface area contributed by atoms with E-state index in [-0.39, 0.29) is 30.6 Å². The fraction of sp³-hybridized carbons (Fsp3) is 0.250. The van der Waals surface area contributed by atoms with Gasteiger partial charge in [0.15, 0.2) is 10.6 Å². The number of aliphatic hydroxyl groups excluding tert-OH is 1. The van der Waals surface area contributed by atoms with Crippen molar-refractivity contribution in [3.63, 3.8) is 0 Å². The van der Waals surface area contributed by atoms with Crippen LogP contribution >= 0.6 is 23.1 Å². The highest BCUT2D eigenvalue weighted by Crippen LogP contribution is 2.43. The molecule has 6 rings (SSSR count). The molecule has 9 heteroatoms. The molecular formula is C36H35N3O4S2. The molecule has 4 unspecified atom stereocenters. The Morgan fingerprint density at radius 1 is 0.867 bits per heavy atom. The van der Waals surface area contributed by atoms with Crippen molar-refractivity contribution in [2.45, 2.75) is 49.8 Å². The van der Waals surface area contributed by atoms with Crippen LogP contribution < -0.4 is 5.32 Å². The maximum Gasteiger partial charge on any atom is 0.251 e. The minimum absolute atomic E-state index is 0.00516. The van der Waals surface area contributed by atoms with Crippen molar-refractivity contribution in [3.05, 3.63) is 136 Å². The molecule has 1 fully saturated rings. The molecule has 7 nitrogen and oxygen atoms in total.